The Labute approximate surface area is 193 Å². The van der Waals surface area contributed by atoms with Gasteiger partial charge in [-0.2, -0.15) is 4.31 Å². The molecule has 0 atom stereocenters. The fraction of sp³-hybridized carbons (Fsp3) is 0.474. The van der Waals surface area contributed by atoms with E-state index < -0.39 is 25.6 Å². The average molecular weight is 498 g/mol. The van der Waals surface area contributed by atoms with E-state index in [0.29, 0.717) is 18.2 Å². The fourth-order valence-electron chi connectivity index (χ4n) is 4.06. The van der Waals surface area contributed by atoms with Crippen LogP contribution in [0, 0.1) is 10.1 Å². The number of rotatable bonds is 6. The maximum atomic E-state index is 13.4. The number of nitrogens with zero attached hydrogens (tertiary/aromatic N) is 4. The molecule has 2 saturated heterocycles. The monoisotopic (exact) mass is 497 g/mol. The molecule has 0 radical (unpaired) electrons. The van der Waals surface area contributed by atoms with E-state index in [2.05, 4.69) is 4.98 Å². The quantitative estimate of drug-likeness (QED) is 0.340. The van der Waals surface area contributed by atoms with Crippen molar-refractivity contribution in [2.75, 3.05) is 44.3 Å². The van der Waals surface area contributed by atoms with Crippen molar-refractivity contribution in [2.24, 2.45) is 0 Å². The van der Waals surface area contributed by atoms with Gasteiger partial charge in [0.05, 0.1) is 9.80 Å². The number of aromatic nitrogens is 1. The summed E-state index contributed by atoms with van der Waals surface area (Å²) < 4.78 is 31.6. The van der Waals surface area contributed by atoms with E-state index in [0.717, 1.165) is 10.4 Å². The molecule has 2 aliphatic heterocycles. The summed E-state index contributed by atoms with van der Waals surface area (Å²) in [5.41, 5.74) is 2.35. The van der Waals surface area contributed by atoms with E-state index in [4.69, 9.17) is 4.74 Å². The molecule has 0 bridgehead atoms. The number of thiazole rings is 1. The first-order chi connectivity index (χ1) is 15.8. The molecule has 12 nitrogen and oxygen atoms in total. The molecule has 4 rings (SSSR count). The van der Waals surface area contributed by atoms with Gasteiger partial charge in [-0.3, -0.25) is 20.1 Å². The van der Waals surface area contributed by atoms with E-state index in [-0.39, 0.29) is 44.8 Å². The Morgan fingerprint density at radius 1 is 1.18 bits per heavy atom. The van der Waals surface area contributed by atoms with E-state index >= 15 is 0 Å². The third-order valence-corrected chi connectivity index (χ3v) is 9.75. The number of nitrogens with one attached hydrogen (secondary N) is 1. The summed E-state index contributed by atoms with van der Waals surface area (Å²) >= 11 is 1.41. The highest BCUT2D eigenvalue weighted by molar-refractivity contribution is 7.91. The summed E-state index contributed by atoms with van der Waals surface area (Å²) in [7, 11) is -4.03. The molecule has 2 N–H and O–H groups in total. The topological polar surface area (TPSA) is 155 Å². The minimum absolute atomic E-state index is 0.0120. The Hall–Kier alpha value is -2.65. The van der Waals surface area contributed by atoms with Crippen molar-refractivity contribution in [2.45, 2.75) is 17.6 Å². The molecular weight excluding hydrogens is 474 g/mol. The number of sulfonamides is 1. The van der Waals surface area contributed by atoms with Gasteiger partial charge in [0.15, 0.2) is 9.88 Å². The summed E-state index contributed by atoms with van der Waals surface area (Å²) in [6, 6.07) is 6.21. The van der Waals surface area contributed by atoms with Gasteiger partial charge in [0.2, 0.25) is 10.0 Å². The molecule has 1 amide bonds. The molecule has 3 heterocycles. The molecule has 1 aromatic carbocycles. The van der Waals surface area contributed by atoms with Crippen LogP contribution in [0.25, 0.3) is 10.4 Å². The number of ether oxygens (including phenoxy) is 1. The Balaban J connectivity index is 1.45. The molecule has 33 heavy (non-hydrogen) atoms. The number of carbonyl (C=O) groups is 1. The van der Waals surface area contributed by atoms with Crippen molar-refractivity contribution in [1.29, 1.82) is 0 Å². The lowest BCUT2D eigenvalue weighted by atomic mass is 9.98. The second-order valence-corrected chi connectivity index (χ2v) is 11.0. The van der Waals surface area contributed by atoms with Crippen LogP contribution in [-0.4, -0.2) is 77.9 Å². The summed E-state index contributed by atoms with van der Waals surface area (Å²) in [5.74, 6) is -0.930. The Bertz CT molecular complexity index is 1120. The summed E-state index contributed by atoms with van der Waals surface area (Å²) in [5, 5.41) is 20.7. The van der Waals surface area contributed by atoms with Crippen LogP contribution in [0.4, 0.5) is 10.8 Å². The standard InChI is InChI=1S/C19H23N5O7S2/c25-17(21-26)19(5-11-31-12-6-19)33(29,30)23-9-7-22(8-10-23)18-20-13-16(32-18)14-1-3-15(4-2-14)24(27)28/h1-4,13,26H,5-12H2,(H,21,25). The van der Waals surface area contributed by atoms with Crippen LogP contribution in [0.15, 0.2) is 30.5 Å². The molecule has 2 aromatic rings. The van der Waals surface area contributed by atoms with Crippen LogP contribution in [0.3, 0.4) is 0 Å². The van der Waals surface area contributed by atoms with Crippen LogP contribution in [0.2, 0.25) is 0 Å². The largest absolute Gasteiger partial charge is 0.381 e. The van der Waals surface area contributed by atoms with Crippen molar-refractivity contribution >= 4 is 38.1 Å². The van der Waals surface area contributed by atoms with E-state index in [1.807, 2.05) is 4.90 Å². The van der Waals surface area contributed by atoms with Gasteiger partial charge in [0, 0.05) is 70.6 Å². The lowest BCUT2D eigenvalue weighted by Gasteiger charge is -2.41. The van der Waals surface area contributed by atoms with Gasteiger partial charge in [-0.05, 0) is 17.7 Å². The molecule has 178 valence electrons. The van der Waals surface area contributed by atoms with Gasteiger partial charge in [0.1, 0.15) is 0 Å². The average Bonchev–Trinajstić information content (AvgIpc) is 3.34. The molecule has 2 aliphatic rings. The number of hydrogen-bond acceptors (Lipinski definition) is 10. The minimum Gasteiger partial charge on any atom is -0.381 e. The number of non-ortho nitro benzene ring substituents is 1. The minimum atomic E-state index is -4.03. The predicted octanol–water partition coefficient (Wildman–Crippen LogP) is 1.22. The highest BCUT2D eigenvalue weighted by Gasteiger charge is 2.54. The van der Waals surface area contributed by atoms with Crippen molar-refractivity contribution < 1.29 is 28.1 Å². The number of hydrogen-bond donors (Lipinski definition) is 2. The van der Waals surface area contributed by atoms with Gasteiger partial charge in [0.25, 0.3) is 11.6 Å². The van der Waals surface area contributed by atoms with E-state index in [9.17, 15) is 28.5 Å². The van der Waals surface area contributed by atoms with E-state index in [1.165, 1.54) is 33.3 Å². The predicted molar refractivity (Wildman–Crippen MR) is 120 cm³/mol. The number of amides is 1. The normalized spacial score (nSPS) is 19.2. The Kier molecular flexibility index (Phi) is 6.63. The number of hydroxylamine groups is 1. The van der Waals surface area contributed by atoms with Gasteiger partial charge in [-0.25, -0.2) is 18.9 Å². The smallest absolute Gasteiger partial charge is 0.269 e. The summed E-state index contributed by atoms with van der Waals surface area (Å²) in [6.07, 6.45) is 1.65. The fourth-order valence-corrected chi connectivity index (χ4v) is 7.14. The Morgan fingerprint density at radius 2 is 1.82 bits per heavy atom. The molecule has 0 spiro atoms. The highest BCUT2D eigenvalue weighted by atomic mass is 32.2. The zero-order chi connectivity index (χ0) is 23.6. The molecule has 2 fully saturated rings. The number of carbonyl (C=O) groups excluding carboxylic acids is 1. The van der Waals surface area contributed by atoms with Crippen LogP contribution in [0.5, 0.6) is 0 Å². The zero-order valence-electron chi connectivity index (χ0n) is 17.5. The maximum Gasteiger partial charge on any atom is 0.269 e. The van der Waals surface area contributed by atoms with Crippen LogP contribution in [0.1, 0.15) is 12.8 Å². The zero-order valence-corrected chi connectivity index (χ0v) is 19.2. The molecule has 1 aromatic heterocycles. The number of nitro groups is 1. The molecule has 14 heteroatoms. The van der Waals surface area contributed by atoms with Gasteiger partial charge >= 0.3 is 0 Å². The number of benzene rings is 1. The molecular formula is C19H23N5O7S2. The SMILES string of the molecule is O=C(NO)C1(S(=O)(=O)N2CCN(c3ncc(-c4ccc([N+](=O)[O-])cc4)s3)CC2)CCOCC1. The van der Waals surface area contributed by atoms with Crippen LogP contribution >= 0.6 is 11.3 Å². The van der Waals surface area contributed by atoms with Crippen molar-refractivity contribution in [1.82, 2.24) is 14.8 Å². The summed E-state index contributed by atoms with van der Waals surface area (Å²) in [6.45, 7) is 1.38. The second kappa shape index (κ2) is 9.30. The highest BCUT2D eigenvalue weighted by Crippen LogP contribution is 2.35. The lowest BCUT2D eigenvalue weighted by molar-refractivity contribution is -0.384. The molecule has 0 saturated carbocycles. The van der Waals surface area contributed by atoms with Crippen LogP contribution in [-0.2, 0) is 19.6 Å². The lowest BCUT2D eigenvalue weighted by Crippen LogP contribution is -2.62. The number of piperazine rings is 1. The van der Waals surface area contributed by atoms with E-state index in [1.54, 1.807) is 18.3 Å². The second-order valence-electron chi connectivity index (χ2n) is 7.75. The maximum absolute atomic E-state index is 13.4. The first-order valence-electron chi connectivity index (χ1n) is 10.3. The van der Waals surface area contributed by atoms with Crippen molar-refractivity contribution in [3.05, 3.63) is 40.6 Å². The van der Waals surface area contributed by atoms with Gasteiger partial charge in [-0.1, -0.05) is 11.3 Å². The van der Waals surface area contributed by atoms with Crippen LogP contribution < -0.4 is 10.4 Å². The van der Waals surface area contributed by atoms with Gasteiger partial charge in [-0.15, -0.1) is 0 Å². The summed E-state index contributed by atoms with van der Waals surface area (Å²) in [4.78, 5) is 30.0. The molecule has 0 unspecified atom stereocenters. The Morgan fingerprint density at radius 3 is 2.39 bits per heavy atom. The molecule has 0 aliphatic carbocycles. The third kappa shape index (κ3) is 4.31. The number of nitro benzene ring substituents is 1. The first-order valence-corrected chi connectivity index (χ1v) is 12.5. The van der Waals surface area contributed by atoms with Crippen molar-refractivity contribution in [3.8, 4) is 10.4 Å². The third-order valence-electron chi connectivity index (χ3n) is 6.01. The van der Waals surface area contributed by atoms with Gasteiger partial charge < -0.3 is 9.64 Å². The van der Waals surface area contributed by atoms with Crippen molar-refractivity contribution in [3.63, 3.8) is 0 Å². The number of anilines is 1. The first kappa shape index (κ1) is 23.5.